The Morgan fingerprint density at radius 3 is 1.61 bits per heavy atom. The van der Waals surface area contributed by atoms with Gasteiger partial charge >= 0.3 is 7.25 Å². The number of nitrogens with zero attached hydrogens (tertiary/aromatic N) is 1. The zero-order chi connectivity index (χ0) is 18.0. The van der Waals surface area contributed by atoms with Gasteiger partial charge in [0.2, 0.25) is 5.39 Å². The van der Waals surface area contributed by atoms with E-state index in [9.17, 15) is 17.3 Å². The summed E-state index contributed by atoms with van der Waals surface area (Å²) in [6.07, 6.45) is 12.5. The lowest BCUT2D eigenvalue weighted by molar-refractivity contribution is -0.175. The minimum absolute atomic E-state index is 1.26. The van der Waals surface area contributed by atoms with Crippen LogP contribution in [0.15, 0.2) is 30.3 Å². The molecule has 0 bridgehead atoms. The molecule has 0 aliphatic heterocycles. The second kappa shape index (κ2) is 16.8. The second-order valence-electron chi connectivity index (χ2n) is 5.21. The number of rotatable bonds is 9. The predicted octanol–water partition coefficient (Wildman–Crippen LogP) is 4.95. The van der Waals surface area contributed by atoms with Gasteiger partial charge in [-0.1, -0.05) is 82.2 Å². The van der Waals surface area contributed by atoms with E-state index in [2.05, 4.69) is 37.3 Å². The topological polar surface area (TPSA) is 47.6 Å². The number of hydrogen-bond acceptors (Lipinski definition) is 1. The van der Waals surface area contributed by atoms with Crippen molar-refractivity contribution in [2.75, 3.05) is 0 Å². The van der Waals surface area contributed by atoms with E-state index in [1.54, 1.807) is 0 Å². The van der Waals surface area contributed by atoms with E-state index in [-0.39, 0.29) is 0 Å². The highest BCUT2D eigenvalue weighted by Gasteiger charge is 2.20. The molecule has 0 saturated heterocycles. The molecule has 0 atom stereocenters. The van der Waals surface area contributed by atoms with Gasteiger partial charge in [0.15, 0.2) is 0 Å². The lowest BCUT2D eigenvalue weighted by atomic mass is 10.0. The summed E-state index contributed by atoms with van der Waals surface area (Å²) in [6.45, 7) is 2.28. The summed E-state index contributed by atoms with van der Waals surface area (Å²) in [5.74, 6) is 0. The number of halogens is 4. The molecule has 0 fully saturated rings. The van der Waals surface area contributed by atoms with Gasteiger partial charge in [-0.25, -0.2) is 0 Å². The van der Waals surface area contributed by atoms with Crippen molar-refractivity contribution in [2.45, 2.75) is 64.7 Å². The number of hydrogen-bond donors (Lipinski definition) is 1. The number of diazo groups is 1. The molecule has 132 valence electrons. The summed E-state index contributed by atoms with van der Waals surface area (Å²) in [4.78, 5) is 0. The zero-order valence-electron chi connectivity index (χ0n) is 13.8. The average Bonchev–Trinajstić information content (AvgIpc) is 2.51. The van der Waals surface area contributed by atoms with Gasteiger partial charge in [-0.3, -0.25) is 0 Å². The van der Waals surface area contributed by atoms with E-state index in [0.29, 0.717) is 0 Å². The number of nitrogens with one attached hydrogen (secondary N) is 1. The van der Waals surface area contributed by atoms with Gasteiger partial charge in [-0.15, -0.1) is 0 Å². The van der Waals surface area contributed by atoms with Crippen molar-refractivity contribution >= 4 is 7.25 Å². The van der Waals surface area contributed by atoms with E-state index in [1.807, 2.05) is 0 Å². The SMILES string of the molecule is CCCCCCCCCCc1ccccc1.F[B-](F)(F)F.N#[NH+]. The maximum Gasteiger partial charge on any atom is 0.673 e. The van der Waals surface area contributed by atoms with Gasteiger partial charge in [-0.05, 0) is 18.4 Å². The van der Waals surface area contributed by atoms with Crippen LogP contribution in [-0.2, 0) is 6.42 Å². The van der Waals surface area contributed by atoms with Crippen LogP contribution >= 0.6 is 0 Å². The molecular formula is C16H27BF4N2. The lowest BCUT2D eigenvalue weighted by Gasteiger charge is -2.02. The van der Waals surface area contributed by atoms with Crippen molar-refractivity contribution in [1.29, 1.82) is 5.39 Å². The fourth-order valence-corrected chi connectivity index (χ4v) is 2.11. The van der Waals surface area contributed by atoms with Gasteiger partial charge in [-0.2, -0.15) is 0 Å². The smallest absolute Gasteiger partial charge is 0.418 e. The minimum atomic E-state index is -6.00. The number of unbranched alkanes of at least 4 members (excludes halogenated alkanes) is 7. The normalized spacial score (nSPS) is 10.0. The summed E-state index contributed by atoms with van der Waals surface area (Å²) >= 11 is 0. The molecule has 1 aromatic carbocycles. The fraction of sp³-hybridized carbons (Fsp3) is 0.625. The summed E-state index contributed by atoms with van der Waals surface area (Å²) in [6, 6.07) is 10.8. The third kappa shape index (κ3) is 25.7. The fourth-order valence-electron chi connectivity index (χ4n) is 2.11. The van der Waals surface area contributed by atoms with Crippen molar-refractivity contribution < 1.29 is 22.7 Å². The Labute approximate surface area is 136 Å². The van der Waals surface area contributed by atoms with E-state index in [0.717, 1.165) is 0 Å². The largest absolute Gasteiger partial charge is 0.673 e. The van der Waals surface area contributed by atoms with Crippen LogP contribution in [-0.4, -0.2) is 7.25 Å². The molecule has 0 amide bonds. The molecule has 0 radical (unpaired) electrons. The Balaban J connectivity index is 0. The molecule has 1 rings (SSSR count). The lowest BCUT2D eigenvalue weighted by Crippen LogP contribution is -2.11. The molecule has 0 aliphatic carbocycles. The highest BCUT2D eigenvalue weighted by Crippen LogP contribution is 2.11. The van der Waals surface area contributed by atoms with Crippen molar-refractivity contribution in [3.8, 4) is 0 Å². The van der Waals surface area contributed by atoms with Crippen molar-refractivity contribution in [2.24, 2.45) is 0 Å². The monoisotopic (exact) mass is 334 g/mol. The first-order chi connectivity index (χ1) is 10.9. The molecule has 0 aromatic heterocycles. The Bertz CT molecular complexity index is 363. The van der Waals surface area contributed by atoms with Crippen LogP contribution in [0.1, 0.15) is 63.9 Å². The van der Waals surface area contributed by atoms with Crippen LogP contribution in [0, 0.1) is 5.39 Å². The summed E-state index contributed by atoms with van der Waals surface area (Å²) in [5.41, 5.74) is 1.49. The van der Waals surface area contributed by atoms with Gasteiger partial charge < -0.3 is 17.3 Å². The molecule has 7 heteroatoms. The van der Waals surface area contributed by atoms with Gasteiger partial charge in [0.1, 0.15) is 0 Å². The summed E-state index contributed by atoms with van der Waals surface area (Å²) in [7, 11) is -6.00. The van der Waals surface area contributed by atoms with E-state index >= 15 is 0 Å². The molecule has 0 unspecified atom stereocenters. The molecule has 1 aromatic rings. The summed E-state index contributed by atoms with van der Waals surface area (Å²) in [5, 5.41) is 11.0. The molecule has 1 N–H and O–H groups in total. The van der Waals surface area contributed by atoms with Crippen LogP contribution < -0.4 is 5.39 Å². The molecule has 0 aliphatic rings. The maximum absolute atomic E-state index is 9.75. The van der Waals surface area contributed by atoms with E-state index in [1.165, 1.54) is 63.4 Å². The Morgan fingerprint density at radius 2 is 1.17 bits per heavy atom. The average molecular weight is 334 g/mol. The second-order valence-corrected chi connectivity index (χ2v) is 5.21. The highest BCUT2D eigenvalue weighted by molar-refractivity contribution is 6.50. The maximum atomic E-state index is 9.75. The van der Waals surface area contributed by atoms with Gasteiger partial charge in [0, 0.05) is 0 Å². The Hall–Kier alpha value is -1.58. The molecule has 0 heterocycles. The van der Waals surface area contributed by atoms with Crippen molar-refractivity contribution in [1.82, 2.24) is 0 Å². The molecule has 23 heavy (non-hydrogen) atoms. The predicted molar refractivity (Wildman–Crippen MR) is 85.6 cm³/mol. The van der Waals surface area contributed by atoms with Crippen LogP contribution in [0.5, 0.6) is 0 Å². The summed E-state index contributed by atoms with van der Waals surface area (Å²) < 4.78 is 39.0. The molecule has 0 saturated carbocycles. The minimum Gasteiger partial charge on any atom is -0.418 e. The standard InChI is InChI=1S/C16H26.BF4.N2/c1-2-3-4-5-6-7-8-10-13-16-14-11-9-12-15-16;2-1(3,4)5;1-2/h9,11-12,14-15H,2-8,10,13H2,1H3;;/q;-1;/p+1. The third-order valence-corrected chi connectivity index (χ3v) is 3.16. The Morgan fingerprint density at radius 1 is 0.783 bits per heavy atom. The molecular weight excluding hydrogens is 307 g/mol. The molecule has 0 spiro atoms. The molecule has 2 nitrogen and oxygen atoms in total. The van der Waals surface area contributed by atoms with E-state index < -0.39 is 7.25 Å². The number of aryl methyl sites for hydroxylation is 1. The van der Waals surface area contributed by atoms with Crippen LogP contribution in [0.4, 0.5) is 17.3 Å². The first-order valence-electron chi connectivity index (χ1n) is 8.07. The first kappa shape index (κ1) is 23.7. The van der Waals surface area contributed by atoms with Crippen LogP contribution in [0.3, 0.4) is 0 Å². The third-order valence-electron chi connectivity index (χ3n) is 3.16. The Kier molecular flexibility index (Phi) is 17.3. The van der Waals surface area contributed by atoms with Gasteiger partial charge in [0.05, 0.1) is 5.39 Å². The van der Waals surface area contributed by atoms with Crippen molar-refractivity contribution in [3.05, 3.63) is 35.9 Å². The van der Waals surface area contributed by atoms with E-state index in [4.69, 9.17) is 10.8 Å². The van der Waals surface area contributed by atoms with Crippen LogP contribution in [0.2, 0.25) is 0 Å². The van der Waals surface area contributed by atoms with Crippen LogP contribution in [0.25, 0.3) is 0 Å². The quantitative estimate of drug-likeness (QED) is 0.295. The highest BCUT2D eigenvalue weighted by atomic mass is 19.5. The van der Waals surface area contributed by atoms with Crippen molar-refractivity contribution in [3.63, 3.8) is 0 Å². The first-order valence-corrected chi connectivity index (χ1v) is 8.07. The zero-order valence-corrected chi connectivity index (χ0v) is 13.8. The van der Waals surface area contributed by atoms with Gasteiger partial charge in [0.25, 0.3) is 0 Å². The number of benzene rings is 1.